The highest BCUT2D eigenvalue weighted by molar-refractivity contribution is 5.64. The van der Waals surface area contributed by atoms with Crippen LogP contribution in [0.1, 0.15) is 11.5 Å². The van der Waals surface area contributed by atoms with Gasteiger partial charge in [-0.25, -0.2) is 13.8 Å². The van der Waals surface area contributed by atoms with Crippen molar-refractivity contribution in [2.75, 3.05) is 7.11 Å². The van der Waals surface area contributed by atoms with Gasteiger partial charge < -0.3 is 15.0 Å². The third-order valence-corrected chi connectivity index (χ3v) is 3.04. The quantitative estimate of drug-likeness (QED) is 0.927. The predicted molar refractivity (Wildman–Crippen MR) is 67.7 cm³/mol. The minimum absolute atomic E-state index is 0.125. The molecule has 0 fully saturated rings. The smallest absolute Gasteiger partial charge is 0.165 e. The number of benzene rings is 1. The second-order valence-electron chi connectivity index (χ2n) is 4.19. The van der Waals surface area contributed by atoms with Gasteiger partial charge in [0.05, 0.1) is 25.0 Å². The first-order valence-electron chi connectivity index (χ1n) is 5.75. The first kappa shape index (κ1) is 13.5. The van der Waals surface area contributed by atoms with Crippen LogP contribution in [-0.2, 0) is 13.6 Å². The standard InChI is InChI=1S/C13H15F2N3O/c1-7-13(18(2)12(6-16)17-7)8-4-10(15)11(19-3)5-9(8)14/h4-5H,6,16H2,1-3H3. The van der Waals surface area contributed by atoms with Crippen molar-refractivity contribution < 1.29 is 13.5 Å². The molecule has 0 aliphatic heterocycles. The predicted octanol–water partition coefficient (Wildman–Crippen LogP) is 2.14. The van der Waals surface area contributed by atoms with E-state index in [-0.39, 0.29) is 17.9 Å². The second-order valence-corrected chi connectivity index (χ2v) is 4.19. The molecule has 4 nitrogen and oxygen atoms in total. The molecule has 2 rings (SSSR count). The Balaban J connectivity index is 2.66. The number of halogens is 2. The normalized spacial score (nSPS) is 10.8. The molecule has 0 aliphatic carbocycles. The summed E-state index contributed by atoms with van der Waals surface area (Å²) in [6.45, 7) is 1.97. The van der Waals surface area contributed by atoms with E-state index in [0.29, 0.717) is 17.2 Å². The van der Waals surface area contributed by atoms with E-state index >= 15 is 0 Å². The molecule has 0 saturated heterocycles. The lowest BCUT2D eigenvalue weighted by molar-refractivity contribution is 0.383. The van der Waals surface area contributed by atoms with Crippen molar-refractivity contribution >= 4 is 0 Å². The molecule has 102 valence electrons. The number of hydrogen-bond donors (Lipinski definition) is 1. The number of aromatic nitrogens is 2. The molecule has 0 atom stereocenters. The first-order valence-corrected chi connectivity index (χ1v) is 5.75. The Morgan fingerprint density at radius 2 is 2.00 bits per heavy atom. The summed E-state index contributed by atoms with van der Waals surface area (Å²) in [6, 6.07) is 2.14. The van der Waals surface area contributed by atoms with Gasteiger partial charge in [0, 0.05) is 18.7 Å². The number of methoxy groups -OCH3 is 1. The number of rotatable bonds is 3. The maximum atomic E-state index is 14.1. The van der Waals surface area contributed by atoms with Gasteiger partial charge in [-0.2, -0.15) is 0 Å². The van der Waals surface area contributed by atoms with Crippen LogP contribution in [0.4, 0.5) is 8.78 Å². The van der Waals surface area contributed by atoms with Gasteiger partial charge in [-0.15, -0.1) is 0 Å². The Kier molecular flexibility index (Phi) is 3.53. The van der Waals surface area contributed by atoms with Crippen LogP contribution in [0.15, 0.2) is 12.1 Å². The highest BCUT2D eigenvalue weighted by atomic mass is 19.1. The average Bonchev–Trinajstić information content (AvgIpc) is 2.67. The molecule has 0 saturated carbocycles. The van der Waals surface area contributed by atoms with Crippen molar-refractivity contribution in [2.24, 2.45) is 12.8 Å². The third-order valence-electron chi connectivity index (χ3n) is 3.04. The molecule has 1 aromatic heterocycles. The average molecular weight is 267 g/mol. The fourth-order valence-corrected chi connectivity index (χ4v) is 2.12. The lowest BCUT2D eigenvalue weighted by atomic mass is 10.1. The molecular formula is C13H15F2N3O. The number of imidazole rings is 1. The SMILES string of the molecule is COc1cc(F)c(-c2c(C)nc(CN)n2C)cc1F. The van der Waals surface area contributed by atoms with Gasteiger partial charge in [0.15, 0.2) is 11.6 Å². The van der Waals surface area contributed by atoms with Crippen LogP contribution in [0, 0.1) is 18.6 Å². The first-order chi connectivity index (χ1) is 8.99. The van der Waals surface area contributed by atoms with Crippen molar-refractivity contribution in [1.29, 1.82) is 0 Å². The van der Waals surface area contributed by atoms with E-state index in [4.69, 9.17) is 10.5 Å². The zero-order chi connectivity index (χ0) is 14.2. The topological polar surface area (TPSA) is 53.1 Å². The second kappa shape index (κ2) is 4.97. The summed E-state index contributed by atoms with van der Waals surface area (Å²) in [5, 5.41) is 0. The van der Waals surface area contributed by atoms with Crippen molar-refractivity contribution in [2.45, 2.75) is 13.5 Å². The van der Waals surface area contributed by atoms with E-state index in [1.165, 1.54) is 7.11 Å². The van der Waals surface area contributed by atoms with E-state index in [2.05, 4.69) is 4.98 Å². The van der Waals surface area contributed by atoms with Gasteiger partial charge in [-0.3, -0.25) is 0 Å². The van der Waals surface area contributed by atoms with Gasteiger partial charge in [0.1, 0.15) is 11.6 Å². The molecule has 0 amide bonds. The summed E-state index contributed by atoms with van der Waals surface area (Å²) in [5.41, 5.74) is 6.81. The lowest BCUT2D eigenvalue weighted by Crippen LogP contribution is -2.06. The summed E-state index contributed by atoms with van der Waals surface area (Å²) in [5.74, 6) is -0.690. The molecule has 1 aromatic carbocycles. The molecule has 0 aliphatic rings. The minimum Gasteiger partial charge on any atom is -0.494 e. The lowest BCUT2D eigenvalue weighted by Gasteiger charge is -2.09. The molecule has 2 N–H and O–H groups in total. The Morgan fingerprint density at radius 3 is 2.53 bits per heavy atom. The number of aryl methyl sites for hydroxylation is 1. The van der Waals surface area contributed by atoms with Crippen LogP contribution >= 0.6 is 0 Å². The molecule has 2 aromatic rings. The largest absolute Gasteiger partial charge is 0.494 e. The van der Waals surface area contributed by atoms with Crippen molar-refractivity contribution in [3.8, 4) is 17.0 Å². The van der Waals surface area contributed by atoms with Crippen LogP contribution in [0.5, 0.6) is 5.75 Å². The Labute approximate surface area is 109 Å². The highest BCUT2D eigenvalue weighted by Gasteiger charge is 2.18. The Morgan fingerprint density at radius 1 is 1.32 bits per heavy atom. The summed E-state index contributed by atoms with van der Waals surface area (Å²) in [7, 11) is 3.01. The number of ether oxygens (including phenoxy) is 1. The molecular weight excluding hydrogens is 252 g/mol. The van der Waals surface area contributed by atoms with Crippen molar-refractivity contribution in [3.05, 3.63) is 35.3 Å². The molecule has 1 heterocycles. The van der Waals surface area contributed by atoms with Gasteiger partial charge in [-0.1, -0.05) is 0 Å². The third kappa shape index (κ3) is 2.19. The highest BCUT2D eigenvalue weighted by Crippen LogP contribution is 2.31. The summed E-state index contributed by atoms with van der Waals surface area (Å²) in [4.78, 5) is 4.24. The minimum atomic E-state index is -0.617. The van der Waals surface area contributed by atoms with E-state index in [1.54, 1.807) is 18.5 Å². The molecule has 0 radical (unpaired) electrons. The van der Waals surface area contributed by atoms with Crippen molar-refractivity contribution in [1.82, 2.24) is 9.55 Å². The number of nitrogens with zero attached hydrogens (tertiary/aromatic N) is 2. The van der Waals surface area contributed by atoms with Crippen molar-refractivity contribution in [3.63, 3.8) is 0 Å². The maximum Gasteiger partial charge on any atom is 0.165 e. The van der Waals surface area contributed by atoms with Crippen LogP contribution in [0.3, 0.4) is 0 Å². The molecule has 0 spiro atoms. The molecule has 6 heteroatoms. The Hall–Kier alpha value is -1.95. The molecule has 0 unspecified atom stereocenters. The van der Waals surface area contributed by atoms with E-state index in [9.17, 15) is 8.78 Å². The summed E-state index contributed by atoms with van der Waals surface area (Å²) in [6.07, 6.45) is 0. The fourth-order valence-electron chi connectivity index (χ4n) is 2.12. The maximum absolute atomic E-state index is 14.1. The van der Waals surface area contributed by atoms with Gasteiger partial charge >= 0.3 is 0 Å². The number of hydrogen-bond acceptors (Lipinski definition) is 3. The molecule has 0 bridgehead atoms. The van der Waals surface area contributed by atoms with Gasteiger partial charge in [0.25, 0.3) is 0 Å². The summed E-state index contributed by atoms with van der Waals surface area (Å²) >= 11 is 0. The van der Waals surface area contributed by atoms with Gasteiger partial charge in [-0.05, 0) is 13.0 Å². The fraction of sp³-hybridized carbons (Fsp3) is 0.308. The van der Waals surface area contributed by atoms with E-state index in [0.717, 1.165) is 12.1 Å². The van der Waals surface area contributed by atoms with Crippen LogP contribution < -0.4 is 10.5 Å². The monoisotopic (exact) mass is 267 g/mol. The van der Waals surface area contributed by atoms with Crippen LogP contribution in [0.25, 0.3) is 11.3 Å². The van der Waals surface area contributed by atoms with Crippen LogP contribution in [-0.4, -0.2) is 16.7 Å². The molecule has 19 heavy (non-hydrogen) atoms. The van der Waals surface area contributed by atoms with Crippen LogP contribution in [0.2, 0.25) is 0 Å². The van der Waals surface area contributed by atoms with E-state index in [1.807, 2.05) is 0 Å². The summed E-state index contributed by atoms with van der Waals surface area (Å²) < 4.78 is 34.2. The zero-order valence-electron chi connectivity index (χ0n) is 11.0. The Bertz CT molecular complexity index is 623. The zero-order valence-corrected chi connectivity index (χ0v) is 11.0. The number of nitrogens with two attached hydrogens (primary N) is 1. The van der Waals surface area contributed by atoms with Gasteiger partial charge in [0.2, 0.25) is 0 Å². The van der Waals surface area contributed by atoms with E-state index < -0.39 is 11.6 Å².